The molecule has 2 aromatic heterocycles. The van der Waals surface area contributed by atoms with Gasteiger partial charge in [0.15, 0.2) is 11.5 Å². The SMILES string of the molecule is CCC(CO)Nc1nc(NCc2cc(F)ccc2O)c2[nH]c(C3CCCCC3)nc2n1. The number of aliphatic hydroxyl groups is 1. The molecule has 1 fully saturated rings. The lowest BCUT2D eigenvalue weighted by Gasteiger charge is -2.18. The van der Waals surface area contributed by atoms with Gasteiger partial charge in [0.2, 0.25) is 5.95 Å². The maximum absolute atomic E-state index is 13.6. The molecule has 1 aliphatic carbocycles. The number of phenolic OH excluding ortho intramolecular Hbond substituents is 1. The van der Waals surface area contributed by atoms with Crippen molar-refractivity contribution in [3.05, 3.63) is 35.4 Å². The molecule has 1 aliphatic rings. The van der Waals surface area contributed by atoms with E-state index in [9.17, 15) is 14.6 Å². The van der Waals surface area contributed by atoms with Gasteiger partial charge >= 0.3 is 0 Å². The summed E-state index contributed by atoms with van der Waals surface area (Å²) in [5, 5.41) is 25.9. The molecule has 5 N–H and O–H groups in total. The summed E-state index contributed by atoms with van der Waals surface area (Å²) < 4.78 is 13.6. The minimum Gasteiger partial charge on any atom is -0.508 e. The zero-order chi connectivity index (χ0) is 21.8. The number of hydrogen-bond donors (Lipinski definition) is 5. The van der Waals surface area contributed by atoms with Gasteiger partial charge in [-0.05, 0) is 37.5 Å². The lowest BCUT2D eigenvalue weighted by molar-refractivity contribution is 0.271. The summed E-state index contributed by atoms with van der Waals surface area (Å²) in [6.07, 6.45) is 6.55. The van der Waals surface area contributed by atoms with Crippen LogP contribution in [0.2, 0.25) is 0 Å². The number of benzene rings is 1. The summed E-state index contributed by atoms with van der Waals surface area (Å²) in [6.45, 7) is 2.11. The molecule has 3 aromatic rings. The van der Waals surface area contributed by atoms with Crippen molar-refractivity contribution in [2.45, 2.75) is 64.0 Å². The van der Waals surface area contributed by atoms with Crippen LogP contribution in [-0.2, 0) is 6.54 Å². The third kappa shape index (κ3) is 4.87. The molecule has 0 spiro atoms. The Morgan fingerprint density at radius 3 is 2.74 bits per heavy atom. The van der Waals surface area contributed by atoms with E-state index in [0.29, 0.717) is 40.8 Å². The van der Waals surface area contributed by atoms with Gasteiger partial charge in [-0.15, -0.1) is 0 Å². The minimum atomic E-state index is -0.417. The van der Waals surface area contributed by atoms with Crippen LogP contribution in [0.4, 0.5) is 16.2 Å². The second-order valence-electron chi connectivity index (χ2n) is 8.11. The number of aliphatic hydroxyl groups excluding tert-OH is 1. The van der Waals surface area contributed by atoms with Crippen molar-refractivity contribution in [1.29, 1.82) is 0 Å². The third-order valence-electron chi connectivity index (χ3n) is 5.90. The maximum atomic E-state index is 13.6. The number of aromatic hydroxyl groups is 1. The van der Waals surface area contributed by atoms with Crippen molar-refractivity contribution in [1.82, 2.24) is 19.9 Å². The van der Waals surface area contributed by atoms with Crippen molar-refractivity contribution in [3.63, 3.8) is 0 Å². The molecule has 1 aromatic carbocycles. The first-order valence-corrected chi connectivity index (χ1v) is 10.9. The van der Waals surface area contributed by atoms with Crippen LogP contribution in [0.25, 0.3) is 11.2 Å². The zero-order valence-corrected chi connectivity index (χ0v) is 17.7. The molecule has 1 saturated carbocycles. The first kappa shape index (κ1) is 21.3. The molecular formula is C22H29FN6O2. The molecular weight excluding hydrogens is 399 g/mol. The first-order valence-electron chi connectivity index (χ1n) is 10.9. The Morgan fingerprint density at radius 2 is 2.00 bits per heavy atom. The van der Waals surface area contributed by atoms with Gasteiger partial charge in [0.05, 0.1) is 12.6 Å². The van der Waals surface area contributed by atoms with Gasteiger partial charge in [0, 0.05) is 18.0 Å². The predicted octanol–water partition coefficient (Wildman–Crippen LogP) is 4.04. The molecule has 4 rings (SSSR count). The highest BCUT2D eigenvalue weighted by Crippen LogP contribution is 2.33. The van der Waals surface area contributed by atoms with Gasteiger partial charge in [-0.1, -0.05) is 26.2 Å². The normalized spacial score (nSPS) is 15.8. The molecule has 1 unspecified atom stereocenters. The maximum Gasteiger partial charge on any atom is 0.227 e. The molecule has 8 nitrogen and oxygen atoms in total. The number of rotatable bonds is 8. The van der Waals surface area contributed by atoms with E-state index in [0.717, 1.165) is 18.7 Å². The second-order valence-corrected chi connectivity index (χ2v) is 8.11. The van der Waals surface area contributed by atoms with Gasteiger partial charge in [-0.25, -0.2) is 9.37 Å². The fourth-order valence-corrected chi connectivity index (χ4v) is 4.01. The van der Waals surface area contributed by atoms with E-state index in [1.54, 1.807) is 0 Å². The summed E-state index contributed by atoms with van der Waals surface area (Å²) >= 11 is 0. The van der Waals surface area contributed by atoms with E-state index in [1.165, 1.54) is 37.5 Å². The number of phenols is 1. The smallest absolute Gasteiger partial charge is 0.227 e. The van der Waals surface area contributed by atoms with Crippen LogP contribution >= 0.6 is 0 Å². The Labute approximate surface area is 180 Å². The van der Waals surface area contributed by atoms with Crippen molar-refractivity contribution in [3.8, 4) is 5.75 Å². The van der Waals surface area contributed by atoms with Gasteiger partial charge in [0.1, 0.15) is 22.9 Å². The lowest BCUT2D eigenvalue weighted by Crippen LogP contribution is -2.24. The van der Waals surface area contributed by atoms with Gasteiger partial charge in [0.25, 0.3) is 0 Å². The Balaban J connectivity index is 1.67. The number of halogens is 1. The Kier molecular flexibility index (Phi) is 6.50. The van der Waals surface area contributed by atoms with Gasteiger partial charge < -0.3 is 25.8 Å². The molecule has 166 valence electrons. The number of nitrogens with zero attached hydrogens (tertiary/aromatic N) is 3. The molecule has 0 amide bonds. The Hall–Kier alpha value is -2.94. The minimum absolute atomic E-state index is 0.0105. The molecule has 9 heteroatoms. The average Bonchev–Trinajstić information content (AvgIpc) is 3.23. The number of fused-ring (bicyclic) bond motifs is 1. The van der Waals surface area contributed by atoms with E-state index in [1.807, 2.05) is 6.92 Å². The van der Waals surface area contributed by atoms with E-state index < -0.39 is 5.82 Å². The van der Waals surface area contributed by atoms with Gasteiger partial charge in [-0.2, -0.15) is 9.97 Å². The molecule has 0 aliphatic heterocycles. The second kappa shape index (κ2) is 9.47. The lowest BCUT2D eigenvalue weighted by atomic mass is 9.89. The highest BCUT2D eigenvalue weighted by molar-refractivity contribution is 5.84. The quantitative estimate of drug-likeness (QED) is 0.367. The summed E-state index contributed by atoms with van der Waals surface area (Å²) in [7, 11) is 0. The summed E-state index contributed by atoms with van der Waals surface area (Å²) in [4.78, 5) is 17.3. The summed E-state index contributed by atoms with van der Waals surface area (Å²) in [6, 6.07) is 3.67. The summed E-state index contributed by atoms with van der Waals surface area (Å²) in [5.41, 5.74) is 1.64. The third-order valence-corrected chi connectivity index (χ3v) is 5.90. The number of aromatic amines is 1. The van der Waals surface area contributed by atoms with E-state index in [2.05, 4.69) is 25.6 Å². The number of anilines is 2. The predicted molar refractivity (Wildman–Crippen MR) is 118 cm³/mol. The van der Waals surface area contributed by atoms with Crippen LogP contribution in [-0.4, -0.2) is 42.8 Å². The summed E-state index contributed by atoms with van der Waals surface area (Å²) in [5.74, 6) is 1.75. The van der Waals surface area contributed by atoms with E-state index >= 15 is 0 Å². The fraction of sp³-hybridized carbons (Fsp3) is 0.500. The fourth-order valence-electron chi connectivity index (χ4n) is 4.01. The highest BCUT2D eigenvalue weighted by Gasteiger charge is 2.22. The van der Waals surface area contributed by atoms with Crippen LogP contribution in [0.5, 0.6) is 5.75 Å². The molecule has 0 saturated heterocycles. The molecule has 0 radical (unpaired) electrons. The van der Waals surface area contributed by atoms with E-state index in [4.69, 9.17) is 4.98 Å². The monoisotopic (exact) mass is 428 g/mol. The largest absolute Gasteiger partial charge is 0.508 e. The van der Waals surface area contributed by atoms with Crippen molar-refractivity contribution in [2.24, 2.45) is 0 Å². The Bertz CT molecular complexity index is 1030. The number of aromatic nitrogens is 4. The molecule has 2 heterocycles. The Morgan fingerprint density at radius 1 is 1.19 bits per heavy atom. The van der Waals surface area contributed by atoms with Crippen LogP contribution in [0.15, 0.2) is 18.2 Å². The number of imidazole rings is 1. The van der Waals surface area contributed by atoms with Crippen LogP contribution in [0.3, 0.4) is 0 Å². The standard InChI is InChI=1S/C22H29FN6O2/c1-2-16(12-30)25-22-28-20(24-11-14-10-15(23)8-9-17(14)31)18-21(29-22)27-19(26-18)13-6-4-3-5-7-13/h8-10,13,16,30-31H,2-7,11-12H2,1H3,(H3,24,25,26,27,28,29). The average molecular weight is 429 g/mol. The van der Waals surface area contributed by atoms with Crippen LogP contribution < -0.4 is 10.6 Å². The van der Waals surface area contributed by atoms with Crippen molar-refractivity contribution >= 4 is 22.9 Å². The van der Waals surface area contributed by atoms with E-state index in [-0.39, 0.29) is 24.9 Å². The zero-order valence-electron chi connectivity index (χ0n) is 17.7. The van der Waals surface area contributed by atoms with Crippen molar-refractivity contribution in [2.75, 3.05) is 17.2 Å². The topological polar surface area (TPSA) is 119 Å². The molecule has 0 bridgehead atoms. The molecule has 1 atom stereocenters. The number of H-pyrrole nitrogens is 1. The number of hydrogen-bond acceptors (Lipinski definition) is 7. The van der Waals surface area contributed by atoms with Gasteiger partial charge in [-0.3, -0.25) is 0 Å². The number of nitrogens with one attached hydrogen (secondary N) is 3. The molecule has 31 heavy (non-hydrogen) atoms. The van der Waals surface area contributed by atoms with Crippen molar-refractivity contribution < 1.29 is 14.6 Å². The highest BCUT2D eigenvalue weighted by atomic mass is 19.1. The van der Waals surface area contributed by atoms with Crippen LogP contribution in [0.1, 0.15) is 62.8 Å². The first-order chi connectivity index (χ1) is 15.1. The van der Waals surface area contributed by atoms with Crippen LogP contribution in [0, 0.1) is 5.82 Å².